The molecule has 12 nitrogen and oxygen atoms in total. The van der Waals surface area contributed by atoms with Gasteiger partial charge in [-0.3, -0.25) is 4.68 Å². The zero-order valence-corrected chi connectivity index (χ0v) is 26.2. The van der Waals surface area contributed by atoms with Crippen LogP contribution in [0.15, 0.2) is 0 Å². The molecule has 2 radical (unpaired) electrons. The third kappa shape index (κ3) is 13.3. The number of hydrogen-bond acceptors (Lipinski definition) is 8. The van der Waals surface area contributed by atoms with Crippen LogP contribution >= 0.6 is 0 Å². The molecule has 0 fully saturated rings. The standard InChI is InChI=1S/C6H9N2.C5H9N3.C4H6N3.C3H6N4.2Y/c1-5-4-6(2)8(3)7-5;1-4-6-5(2)8(3)7-4;1-4-3-5-7(2)6-4;1-3-4-6-7(2)5-3;;/h2*1-3H3;2*1-2H3;;/q-1;;-1;;;. The molecule has 0 aromatic carbocycles. The Balaban J connectivity index is 0. The summed E-state index contributed by atoms with van der Waals surface area (Å²) in [6.07, 6.45) is 2.67. The predicted molar refractivity (Wildman–Crippen MR) is 110 cm³/mol. The first-order chi connectivity index (χ1) is 14.0. The summed E-state index contributed by atoms with van der Waals surface area (Å²) in [5, 5.41) is 26.6. The Morgan fingerprint density at radius 3 is 1.41 bits per heavy atom. The van der Waals surface area contributed by atoms with Gasteiger partial charge in [-0.25, -0.2) is 20.0 Å². The Labute approximate surface area is 239 Å². The van der Waals surface area contributed by atoms with Gasteiger partial charge in [0.25, 0.3) is 0 Å². The minimum Gasteiger partial charge on any atom is -0.426 e. The summed E-state index contributed by atoms with van der Waals surface area (Å²) in [4.78, 5) is 6.97. The molecular formula is C18H30N12Y2-2. The molecule has 4 aromatic heterocycles. The minimum atomic E-state index is 0. The Morgan fingerprint density at radius 2 is 1.28 bits per heavy atom. The van der Waals surface area contributed by atoms with Gasteiger partial charge in [-0.05, 0) is 26.0 Å². The zero-order chi connectivity index (χ0) is 22.8. The second kappa shape index (κ2) is 16.4. The summed E-state index contributed by atoms with van der Waals surface area (Å²) in [5.41, 5.74) is 2.88. The summed E-state index contributed by atoms with van der Waals surface area (Å²) < 4.78 is 3.57. The largest absolute Gasteiger partial charge is 0.426 e. The number of tetrazole rings is 1. The van der Waals surface area contributed by atoms with E-state index in [1.165, 1.54) is 9.59 Å². The number of aryl methyl sites for hydroxylation is 10. The molecule has 0 saturated heterocycles. The van der Waals surface area contributed by atoms with Crippen LogP contribution in [0.25, 0.3) is 0 Å². The molecule has 4 aromatic rings. The molecule has 0 aliphatic rings. The Hall–Kier alpha value is -1.23. The molecule has 32 heavy (non-hydrogen) atoms. The van der Waals surface area contributed by atoms with E-state index in [0.29, 0.717) is 5.82 Å². The van der Waals surface area contributed by atoms with E-state index in [-0.39, 0.29) is 65.4 Å². The number of aromatic nitrogens is 12. The molecule has 4 heterocycles. The second-order valence-electron chi connectivity index (χ2n) is 6.46. The quantitative estimate of drug-likeness (QED) is 0.274. The van der Waals surface area contributed by atoms with Gasteiger partial charge < -0.3 is 22.0 Å². The number of rotatable bonds is 0. The van der Waals surface area contributed by atoms with Crippen molar-refractivity contribution in [2.24, 2.45) is 28.2 Å². The van der Waals surface area contributed by atoms with Crippen molar-refractivity contribution in [1.82, 2.24) is 59.7 Å². The molecule has 4 rings (SSSR count). The van der Waals surface area contributed by atoms with E-state index >= 15 is 0 Å². The van der Waals surface area contributed by atoms with E-state index in [9.17, 15) is 0 Å². The van der Waals surface area contributed by atoms with E-state index < -0.39 is 0 Å². The summed E-state index contributed by atoms with van der Waals surface area (Å²) in [6.45, 7) is 11.4. The molecule has 14 heteroatoms. The Morgan fingerprint density at radius 1 is 0.656 bits per heavy atom. The summed E-state index contributed by atoms with van der Waals surface area (Å²) >= 11 is 0. The average Bonchev–Trinajstić information content (AvgIpc) is 3.36. The van der Waals surface area contributed by atoms with Crippen molar-refractivity contribution in [3.05, 3.63) is 46.8 Å². The summed E-state index contributed by atoms with van der Waals surface area (Å²) in [6, 6.07) is 3.06. The molecule has 170 valence electrons. The van der Waals surface area contributed by atoms with Crippen LogP contribution in [0.5, 0.6) is 0 Å². The van der Waals surface area contributed by atoms with Crippen LogP contribution in [0, 0.1) is 53.8 Å². The van der Waals surface area contributed by atoms with Crippen molar-refractivity contribution in [1.29, 1.82) is 0 Å². The van der Waals surface area contributed by atoms with Gasteiger partial charge in [-0.15, -0.1) is 27.3 Å². The smallest absolute Gasteiger partial charge is 0.171 e. The van der Waals surface area contributed by atoms with Crippen LogP contribution in [-0.4, -0.2) is 59.7 Å². The normalized spacial score (nSPS) is 9.06. The van der Waals surface area contributed by atoms with E-state index in [0.717, 1.165) is 28.7 Å². The van der Waals surface area contributed by atoms with Gasteiger partial charge in [0.2, 0.25) is 0 Å². The second-order valence-corrected chi connectivity index (χ2v) is 6.46. The van der Waals surface area contributed by atoms with Crippen LogP contribution in [0.1, 0.15) is 34.6 Å². The maximum Gasteiger partial charge on any atom is 0.171 e. The molecule has 0 atom stereocenters. The van der Waals surface area contributed by atoms with Crippen molar-refractivity contribution in [3.63, 3.8) is 0 Å². The number of nitrogens with zero attached hydrogens (tertiary/aromatic N) is 12. The Bertz CT molecular complexity index is 876. The van der Waals surface area contributed by atoms with Gasteiger partial charge in [-0.1, -0.05) is 20.8 Å². The zero-order valence-electron chi connectivity index (χ0n) is 20.5. The van der Waals surface area contributed by atoms with Gasteiger partial charge >= 0.3 is 0 Å². The fourth-order valence-corrected chi connectivity index (χ4v) is 2.07. The van der Waals surface area contributed by atoms with Crippen molar-refractivity contribution >= 4 is 0 Å². The average molecular weight is 592 g/mol. The first-order valence-corrected chi connectivity index (χ1v) is 9.17. The molecule has 0 N–H and O–H groups in total. The van der Waals surface area contributed by atoms with Gasteiger partial charge in [-0.2, -0.15) is 9.90 Å². The van der Waals surface area contributed by atoms with Gasteiger partial charge in [0.15, 0.2) is 5.82 Å². The molecule has 0 unspecified atom stereocenters. The topological polar surface area (TPSA) is 123 Å². The molecule has 0 aliphatic heterocycles. The van der Waals surface area contributed by atoms with Gasteiger partial charge in [0.05, 0.1) is 7.05 Å². The summed E-state index contributed by atoms with van der Waals surface area (Å²) in [7, 11) is 7.30. The molecule has 0 aliphatic carbocycles. The monoisotopic (exact) mass is 592 g/mol. The fraction of sp³-hybridized carbons (Fsp3) is 0.556. The van der Waals surface area contributed by atoms with E-state index in [2.05, 4.69) is 53.1 Å². The molecule has 0 spiro atoms. The van der Waals surface area contributed by atoms with E-state index in [4.69, 9.17) is 0 Å². The Kier molecular flexibility index (Phi) is 16.9. The van der Waals surface area contributed by atoms with E-state index in [1.54, 1.807) is 25.7 Å². The third-order valence-electron chi connectivity index (χ3n) is 3.49. The minimum absolute atomic E-state index is 0. The molecule has 0 amide bonds. The molecule has 0 saturated carbocycles. The van der Waals surface area contributed by atoms with Gasteiger partial charge in [0, 0.05) is 86.6 Å². The van der Waals surface area contributed by atoms with Crippen molar-refractivity contribution in [3.8, 4) is 0 Å². The summed E-state index contributed by atoms with van der Waals surface area (Å²) in [5.74, 6) is 2.51. The third-order valence-corrected chi connectivity index (χ3v) is 3.49. The fourth-order valence-electron chi connectivity index (χ4n) is 2.07. The molecule has 0 bridgehead atoms. The SMILES string of the molecule is Cc1[c-]c(C)n(C)n1.Cc1[c-]nn(C)n1.Cc1nc(C)n(C)n1.Cc1nnn(C)n1.[Y].[Y]. The van der Waals surface area contributed by atoms with Crippen LogP contribution in [0.4, 0.5) is 0 Å². The van der Waals surface area contributed by atoms with Crippen molar-refractivity contribution in [2.75, 3.05) is 0 Å². The van der Waals surface area contributed by atoms with E-state index in [1.807, 2.05) is 53.4 Å². The predicted octanol–water partition coefficient (Wildman–Crippen LogP) is 0.706. The van der Waals surface area contributed by atoms with Crippen LogP contribution in [0.3, 0.4) is 0 Å². The van der Waals surface area contributed by atoms with Crippen LogP contribution in [-0.2, 0) is 93.6 Å². The van der Waals surface area contributed by atoms with Crippen molar-refractivity contribution < 1.29 is 65.4 Å². The van der Waals surface area contributed by atoms with Gasteiger partial charge in [0.1, 0.15) is 11.6 Å². The first kappa shape index (κ1) is 32.9. The van der Waals surface area contributed by atoms with Crippen LogP contribution < -0.4 is 0 Å². The van der Waals surface area contributed by atoms with Crippen molar-refractivity contribution in [2.45, 2.75) is 41.5 Å². The first-order valence-electron chi connectivity index (χ1n) is 9.17. The maximum absolute atomic E-state index is 4.07. The number of hydrogen-bond donors (Lipinski definition) is 0. The maximum atomic E-state index is 4.07. The molecular weight excluding hydrogens is 562 g/mol. The van der Waals surface area contributed by atoms with Crippen LogP contribution in [0.2, 0.25) is 0 Å².